The first kappa shape index (κ1) is 22.3. The van der Waals surface area contributed by atoms with Crippen LogP contribution in [0.2, 0.25) is 5.02 Å². The van der Waals surface area contributed by atoms with Gasteiger partial charge in [-0.05, 0) is 60.3 Å². The third kappa shape index (κ3) is 4.02. The normalized spacial score (nSPS) is 19.3. The zero-order valence-corrected chi connectivity index (χ0v) is 20.2. The van der Waals surface area contributed by atoms with Gasteiger partial charge in [0, 0.05) is 47.9 Å². The maximum atomic E-state index is 13.7. The number of benzene rings is 2. The summed E-state index contributed by atoms with van der Waals surface area (Å²) in [5.41, 5.74) is 4.27. The number of rotatable bonds is 5. The Hall–Kier alpha value is -3.18. The summed E-state index contributed by atoms with van der Waals surface area (Å²) < 4.78 is 7.07. The van der Waals surface area contributed by atoms with Crippen LogP contribution in [0.15, 0.2) is 48.5 Å². The number of nitrogens with zero attached hydrogens (tertiary/aromatic N) is 5. The van der Waals surface area contributed by atoms with Gasteiger partial charge in [-0.15, -0.1) is 0 Å². The van der Waals surface area contributed by atoms with Gasteiger partial charge < -0.3 is 14.5 Å². The molecule has 178 valence electrons. The van der Waals surface area contributed by atoms with Crippen molar-refractivity contribution in [1.29, 1.82) is 0 Å². The van der Waals surface area contributed by atoms with Gasteiger partial charge in [-0.1, -0.05) is 36.4 Å². The zero-order chi connectivity index (χ0) is 24.0. The number of ether oxygens (including phenoxy) is 1. The summed E-state index contributed by atoms with van der Waals surface area (Å²) in [4.78, 5) is 21.6. The summed E-state index contributed by atoms with van der Waals surface area (Å²) in [5.74, 6) is 0.137. The highest BCUT2D eigenvalue weighted by Crippen LogP contribution is 2.49. The van der Waals surface area contributed by atoms with E-state index in [-0.39, 0.29) is 17.1 Å². The van der Waals surface area contributed by atoms with Crippen LogP contribution in [0.5, 0.6) is 0 Å². The number of halogens is 1. The second-order valence-electron chi connectivity index (χ2n) is 9.58. The fraction of sp³-hybridized carbons (Fsp3) is 0.370. The lowest BCUT2D eigenvalue weighted by Gasteiger charge is -2.31. The van der Waals surface area contributed by atoms with Gasteiger partial charge in [-0.3, -0.25) is 9.69 Å². The van der Waals surface area contributed by atoms with Crippen LogP contribution in [-0.4, -0.2) is 60.0 Å². The molecule has 8 heteroatoms. The van der Waals surface area contributed by atoms with E-state index in [1.165, 1.54) is 18.4 Å². The molecule has 0 radical (unpaired) electrons. The highest BCUT2D eigenvalue weighted by atomic mass is 35.5. The smallest absolute Gasteiger partial charge is 0.300 e. The molecule has 3 aromatic rings. The van der Waals surface area contributed by atoms with E-state index in [2.05, 4.69) is 39.1 Å². The molecule has 1 aromatic heterocycles. The highest BCUT2D eigenvalue weighted by molar-refractivity contribution is 6.30. The van der Waals surface area contributed by atoms with Crippen LogP contribution in [0, 0.1) is 6.57 Å². The summed E-state index contributed by atoms with van der Waals surface area (Å²) in [6, 6.07) is 15.7. The molecule has 3 heterocycles. The molecule has 35 heavy (non-hydrogen) atoms. The zero-order valence-electron chi connectivity index (χ0n) is 19.4. The third-order valence-corrected chi connectivity index (χ3v) is 7.66. The molecule has 0 bridgehead atoms. The number of morpholine rings is 1. The van der Waals surface area contributed by atoms with E-state index in [0.717, 1.165) is 38.5 Å². The first-order chi connectivity index (χ1) is 17.1. The Morgan fingerprint density at radius 3 is 2.51 bits per heavy atom. The Bertz CT molecular complexity index is 1320. The van der Waals surface area contributed by atoms with Crippen molar-refractivity contribution < 1.29 is 9.53 Å². The molecule has 0 unspecified atom stereocenters. The maximum absolute atomic E-state index is 13.7. The van der Waals surface area contributed by atoms with Crippen molar-refractivity contribution in [2.75, 3.05) is 44.3 Å². The van der Waals surface area contributed by atoms with Gasteiger partial charge in [-0.25, -0.2) is 0 Å². The quantitative estimate of drug-likeness (QED) is 0.492. The van der Waals surface area contributed by atoms with Crippen molar-refractivity contribution in [2.45, 2.75) is 24.7 Å². The van der Waals surface area contributed by atoms with E-state index >= 15 is 0 Å². The first-order valence-corrected chi connectivity index (χ1v) is 12.4. The predicted octanol–water partition coefficient (Wildman–Crippen LogP) is 4.64. The molecule has 1 amide bonds. The lowest BCUT2D eigenvalue weighted by atomic mass is 9.94. The van der Waals surface area contributed by atoms with Crippen LogP contribution in [-0.2, 0) is 16.6 Å². The van der Waals surface area contributed by atoms with E-state index in [9.17, 15) is 4.79 Å². The Labute approximate surface area is 209 Å². The molecular weight excluding hydrogens is 462 g/mol. The Morgan fingerprint density at radius 1 is 1.06 bits per heavy atom. The number of amides is 1. The van der Waals surface area contributed by atoms with Gasteiger partial charge in [0.25, 0.3) is 11.7 Å². The molecule has 3 aliphatic rings. The van der Waals surface area contributed by atoms with Crippen molar-refractivity contribution >= 4 is 29.0 Å². The number of hydrogen-bond donors (Lipinski definition) is 0. The largest absolute Gasteiger partial charge is 0.379 e. The summed E-state index contributed by atoms with van der Waals surface area (Å²) in [5, 5.41) is 5.01. The topological polar surface area (TPSA) is 55.0 Å². The van der Waals surface area contributed by atoms with Crippen molar-refractivity contribution in [1.82, 2.24) is 14.7 Å². The van der Waals surface area contributed by atoms with Crippen molar-refractivity contribution in [2.24, 2.45) is 0 Å². The third-order valence-electron chi connectivity index (χ3n) is 7.43. The summed E-state index contributed by atoms with van der Waals surface area (Å²) >= 11 is 6.19. The average Bonchev–Trinajstić information content (AvgIpc) is 3.56. The van der Waals surface area contributed by atoms with E-state index in [0.29, 0.717) is 34.9 Å². The molecule has 7 nitrogen and oxygen atoms in total. The highest BCUT2D eigenvalue weighted by Gasteiger charge is 2.45. The number of aromatic nitrogens is 2. The molecule has 0 atom stereocenters. The molecule has 6 rings (SSSR count). The van der Waals surface area contributed by atoms with Crippen LogP contribution in [0.1, 0.15) is 34.5 Å². The van der Waals surface area contributed by atoms with Gasteiger partial charge in [0.2, 0.25) is 0 Å². The molecule has 1 aliphatic carbocycles. The van der Waals surface area contributed by atoms with Crippen LogP contribution >= 0.6 is 11.6 Å². The van der Waals surface area contributed by atoms with Crippen LogP contribution in [0.4, 0.5) is 11.5 Å². The second kappa shape index (κ2) is 8.80. The lowest BCUT2D eigenvalue weighted by molar-refractivity contribution is 0.0336. The lowest BCUT2D eigenvalue weighted by Crippen LogP contribution is -2.41. The van der Waals surface area contributed by atoms with Crippen LogP contribution in [0.25, 0.3) is 10.5 Å². The van der Waals surface area contributed by atoms with Gasteiger partial charge in [0.15, 0.2) is 0 Å². The Morgan fingerprint density at radius 2 is 1.83 bits per heavy atom. The molecule has 1 saturated carbocycles. The average molecular weight is 488 g/mol. The SMILES string of the molecule is [C-]#[N+]c1nn(-c2cccc(Cl)c2)c2c1CCN(c1ccc(C3(CN4CCOCC4)CC3)cc1)C2=O. The minimum absolute atomic E-state index is 0.143. The van der Waals surface area contributed by atoms with Crippen molar-refractivity contribution in [3.8, 4) is 5.69 Å². The second-order valence-corrected chi connectivity index (χ2v) is 10.0. The minimum Gasteiger partial charge on any atom is -0.379 e. The summed E-state index contributed by atoms with van der Waals surface area (Å²) in [6.07, 6.45) is 2.99. The Balaban J connectivity index is 1.27. The van der Waals surface area contributed by atoms with Gasteiger partial charge in [0.05, 0.1) is 18.9 Å². The summed E-state index contributed by atoms with van der Waals surface area (Å²) in [6.45, 7) is 12.8. The van der Waals surface area contributed by atoms with E-state index in [1.54, 1.807) is 21.7 Å². The molecular formula is C27H26ClN5O2. The number of carbonyl (C=O) groups excluding carboxylic acids is 1. The van der Waals surface area contributed by atoms with Crippen LogP contribution < -0.4 is 4.90 Å². The van der Waals surface area contributed by atoms with Gasteiger partial charge in [-0.2, -0.15) is 4.68 Å². The maximum Gasteiger partial charge on any atom is 0.300 e. The standard InChI is InChI=1S/C27H26ClN5O2/c1-29-25-23-9-12-32(26(34)24(23)33(30-25)22-4-2-3-20(28)17-22)21-7-5-19(6-8-21)27(10-11-27)18-31-13-15-35-16-14-31/h2-8,17H,9-16,18H2. The number of fused-ring (bicyclic) bond motifs is 1. The first-order valence-electron chi connectivity index (χ1n) is 12.1. The monoisotopic (exact) mass is 487 g/mol. The number of hydrogen-bond acceptors (Lipinski definition) is 4. The number of anilines is 1. The molecule has 1 saturated heterocycles. The fourth-order valence-corrected chi connectivity index (χ4v) is 5.53. The van der Waals surface area contributed by atoms with Crippen LogP contribution in [0.3, 0.4) is 0 Å². The van der Waals surface area contributed by atoms with E-state index < -0.39 is 0 Å². The molecule has 2 aliphatic heterocycles. The van der Waals surface area contributed by atoms with Crippen molar-refractivity contribution in [3.05, 3.63) is 81.8 Å². The fourth-order valence-electron chi connectivity index (χ4n) is 5.34. The molecule has 0 N–H and O–H groups in total. The van der Waals surface area contributed by atoms with Gasteiger partial charge >= 0.3 is 0 Å². The summed E-state index contributed by atoms with van der Waals surface area (Å²) in [7, 11) is 0. The minimum atomic E-state index is -0.143. The molecule has 2 fully saturated rings. The van der Waals surface area contributed by atoms with E-state index in [4.69, 9.17) is 22.9 Å². The van der Waals surface area contributed by atoms with E-state index in [1.807, 2.05) is 12.1 Å². The molecule has 0 spiro atoms. The molecule has 2 aromatic carbocycles. The number of carbonyl (C=O) groups is 1. The predicted molar refractivity (Wildman–Crippen MR) is 135 cm³/mol. The Kier molecular flexibility index (Phi) is 5.60. The van der Waals surface area contributed by atoms with Gasteiger partial charge in [0.1, 0.15) is 5.69 Å². The van der Waals surface area contributed by atoms with Crippen molar-refractivity contribution in [3.63, 3.8) is 0 Å².